The summed E-state index contributed by atoms with van der Waals surface area (Å²) in [5.41, 5.74) is -0.734. The van der Waals surface area contributed by atoms with Crippen LogP contribution >= 0.6 is 0 Å². The van der Waals surface area contributed by atoms with Gasteiger partial charge in [0.05, 0.1) is 5.60 Å². The van der Waals surface area contributed by atoms with E-state index in [0.29, 0.717) is 12.4 Å². The number of hydrogen-bond donors (Lipinski definition) is 1. The average molecular weight is 210 g/mol. The molecule has 1 aliphatic rings. The molecule has 1 aromatic heterocycles. The first-order chi connectivity index (χ1) is 7.08. The van der Waals surface area contributed by atoms with Crippen molar-refractivity contribution in [3.8, 4) is 0 Å². The molecule has 1 saturated heterocycles. The third kappa shape index (κ3) is 2.26. The summed E-state index contributed by atoms with van der Waals surface area (Å²) in [4.78, 5) is 5.81. The van der Waals surface area contributed by atoms with E-state index in [2.05, 4.69) is 4.98 Å². The van der Waals surface area contributed by atoms with Gasteiger partial charge in [0, 0.05) is 19.3 Å². The number of hydrogen-bond acceptors (Lipinski definition) is 3. The highest BCUT2D eigenvalue weighted by atomic mass is 19.1. The van der Waals surface area contributed by atoms with Crippen LogP contribution in [0.5, 0.6) is 0 Å². The number of pyridine rings is 1. The fourth-order valence-electron chi connectivity index (χ4n) is 2.01. The zero-order valence-electron chi connectivity index (χ0n) is 8.78. The molecule has 1 aliphatic heterocycles. The molecule has 2 heterocycles. The van der Waals surface area contributed by atoms with Gasteiger partial charge in [0.25, 0.3) is 0 Å². The maximum atomic E-state index is 13.4. The zero-order chi connectivity index (χ0) is 10.9. The number of β-amino-alcohol motifs (C(OH)–C–C–N with tert-alkyl or cyclic N) is 1. The second-order valence-corrected chi connectivity index (χ2v) is 4.33. The molecule has 0 spiro atoms. The Morgan fingerprint density at radius 1 is 1.60 bits per heavy atom. The normalized spacial score (nSPS) is 26.7. The van der Waals surface area contributed by atoms with Crippen molar-refractivity contribution in [2.45, 2.75) is 25.4 Å². The van der Waals surface area contributed by atoms with Gasteiger partial charge in [-0.15, -0.1) is 0 Å². The molecule has 1 aromatic rings. The molecule has 0 saturated carbocycles. The summed E-state index contributed by atoms with van der Waals surface area (Å²) >= 11 is 0. The minimum absolute atomic E-state index is 0.324. The number of rotatable bonds is 1. The van der Waals surface area contributed by atoms with Crippen molar-refractivity contribution < 1.29 is 9.50 Å². The minimum Gasteiger partial charge on any atom is -0.388 e. The summed E-state index contributed by atoms with van der Waals surface area (Å²) in [5, 5.41) is 9.91. The molecule has 1 unspecified atom stereocenters. The van der Waals surface area contributed by atoms with Gasteiger partial charge in [-0.05, 0) is 31.9 Å². The third-order valence-corrected chi connectivity index (χ3v) is 2.71. The topological polar surface area (TPSA) is 36.4 Å². The molecule has 3 nitrogen and oxygen atoms in total. The predicted octanol–water partition coefficient (Wildman–Crippen LogP) is 1.57. The first-order valence-corrected chi connectivity index (χ1v) is 5.16. The van der Waals surface area contributed by atoms with Crippen LogP contribution in [-0.2, 0) is 0 Å². The van der Waals surface area contributed by atoms with E-state index < -0.39 is 5.60 Å². The van der Waals surface area contributed by atoms with Crippen molar-refractivity contribution in [2.75, 3.05) is 18.0 Å². The van der Waals surface area contributed by atoms with Gasteiger partial charge < -0.3 is 10.0 Å². The molecule has 0 amide bonds. The lowest BCUT2D eigenvalue weighted by atomic mass is 9.95. The Kier molecular flexibility index (Phi) is 2.61. The van der Waals surface area contributed by atoms with Crippen molar-refractivity contribution in [3.63, 3.8) is 0 Å². The second kappa shape index (κ2) is 3.77. The van der Waals surface area contributed by atoms with Gasteiger partial charge in [-0.1, -0.05) is 0 Å². The zero-order valence-corrected chi connectivity index (χ0v) is 8.78. The summed E-state index contributed by atoms with van der Waals surface area (Å²) in [6, 6.07) is 2.96. The molecule has 15 heavy (non-hydrogen) atoms. The average Bonchev–Trinajstić information content (AvgIpc) is 2.17. The lowest BCUT2D eigenvalue weighted by Crippen LogP contribution is -2.46. The van der Waals surface area contributed by atoms with Crippen LogP contribution in [0.25, 0.3) is 0 Å². The Balaban J connectivity index is 2.21. The molecule has 0 aliphatic carbocycles. The van der Waals surface area contributed by atoms with E-state index in [1.54, 1.807) is 24.1 Å². The summed E-state index contributed by atoms with van der Waals surface area (Å²) < 4.78 is 13.4. The highest BCUT2D eigenvalue weighted by Crippen LogP contribution is 2.25. The van der Waals surface area contributed by atoms with Gasteiger partial charge in [0.1, 0.15) is 0 Å². The molecule has 0 radical (unpaired) electrons. The Bertz CT molecular complexity index is 354. The van der Waals surface area contributed by atoms with E-state index in [0.717, 1.165) is 19.4 Å². The van der Waals surface area contributed by atoms with Crippen LogP contribution in [0.15, 0.2) is 18.3 Å². The highest BCUT2D eigenvalue weighted by Gasteiger charge is 2.29. The van der Waals surface area contributed by atoms with Gasteiger partial charge >= 0.3 is 0 Å². The van der Waals surface area contributed by atoms with Crippen LogP contribution in [0, 0.1) is 5.82 Å². The number of aromatic nitrogens is 1. The molecule has 2 rings (SSSR count). The van der Waals surface area contributed by atoms with E-state index in [1.807, 2.05) is 0 Å². The van der Waals surface area contributed by atoms with Gasteiger partial charge in [0.15, 0.2) is 11.6 Å². The highest BCUT2D eigenvalue weighted by molar-refractivity contribution is 5.40. The van der Waals surface area contributed by atoms with E-state index in [1.165, 1.54) is 6.07 Å². The third-order valence-electron chi connectivity index (χ3n) is 2.71. The van der Waals surface area contributed by atoms with Crippen LogP contribution in [0.3, 0.4) is 0 Å². The lowest BCUT2D eigenvalue weighted by Gasteiger charge is -2.37. The lowest BCUT2D eigenvalue weighted by molar-refractivity contribution is 0.0445. The number of anilines is 1. The minimum atomic E-state index is -0.734. The first-order valence-electron chi connectivity index (χ1n) is 5.16. The SMILES string of the molecule is CC1(O)CCCN(c2ncccc2F)C1. The maximum absolute atomic E-state index is 13.4. The van der Waals surface area contributed by atoms with Crippen LogP contribution in [0.4, 0.5) is 10.2 Å². The standard InChI is InChI=1S/C11H15FN2O/c1-11(15)5-3-7-14(8-11)10-9(12)4-2-6-13-10/h2,4,6,15H,3,5,7-8H2,1H3. The molecule has 0 bridgehead atoms. The van der Waals surface area contributed by atoms with Gasteiger partial charge in [-0.25, -0.2) is 9.37 Å². The van der Waals surface area contributed by atoms with E-state index in [4.69, 9.17) is 0 Å². The summed E-state index contributed by atoms with van der Waals surface area (Å²) in [6.45, 7) is 2.98. The smallest absolute Gasteiger partial charge is 0.165 e. The molecule has 82 valence electrons. The predicted molar refractivity (Wildman–Crippen MR) is 56.3 cm³/mol. The van der Waals surface area contributed by atoms with Crippen LogP contribution < -0.4 is 4.90 Å². The Morgan fingerprint density at radius 2 is 2.40 bits per heavy atom. The molecular weight excluding hydrogens is 195 g/mol. The number of nitrogens with zero attached hydrogens (tertiary/aromatic N) is 2. The Labute approximate surface area is 88.6 Å². The Hall–Kier alpha value is -1.16. The quantitative estimate of drug-likeness (QED) is 0.764. The molecule has 1 N–H and O–H groups in total. The van der Waals surface area contributed by atoms with E-state index >= 15 is 0 Å². The second-order valence-electron chi connectivity index (χ2n) is 4.33. The number of piperidine rings is 1. The number of aliphatic hydroxyl groups is 1. The summed E-state index contributed by atoms with van der Waals surface area (Å²) in [6.07, 6.45) is 3.20. The molecule has 4 heteroatoms. The van der Waals surface area contributed by atoms with E-state index in [-0.39, 0.29) is 5.82 Å². The number of halogens is 1. The van der Waals surface area contributed by atoms with Crippen molar-refractivity contribution in [2.24, 2.45) is 0 Å². The van der Waals surface area contributed by atoms with Gasteiger partial charge in [0.2, 0.25) is 0 Å². The van der Waals surface area contributed by atoms with Crippen molar-refractivity contribution in [1.82, 2.24) is 4.98 Å². The van der Waals surface area contributed by atoms with Gasteiger partial charge in [-0.2, -0.15) is 0 Å². The van der Waals surface area contributed by atoms with Crippen LogP contribution in [0.1, 0.15) is 19.8 Å². The monoisotopic (exact) mass is 210 g/mol. The Morgan fingerprint density at radius 3 is 3.07 bits per heavy atom. The maximum Gasteiger partial charge on any atom is 0.165 e. The molecule has 0 aromatic carbocycles. The first kappa shape index (κ1) is 10.4. The molecular formula is C11H15FN2O. The van der Waals surface area contributed by atoms with Crippen molar-refractivity contribution in [1.29, 1.82) is 0 Å². The van der Waals surface area contributed by atoms with Crippen molar-refractivity contribution in [3.05, 3.63) is 24.1 Å². The largest absolute Gasteiger partial charge is 0.388 e. The van der Waals surface area contributed by atoms with Crippen molar-refractivity contribution >= 4 is 5.82 Å². The fraction of sp³-hybridized carbons (Fsp3) is 0.545. The van der Waals surface area contributed by atoms with Crippen LogP contribution in [-0.4, -0.2) is 28.8 Å². The van der Waals surface area contributed by atoms with Gasteiger partial charge in [-0.3, -0.25) is 0 Å². The van der Waals surface area contributed by atoms with E-state index in [9.17, 15) is 9.50 Å². The van der Waals surface area contributed by atoms with Crippen LogP contribution in [0.2, 0.25) is 0 Å². The summed E-state index contributed by atoms with van der Waals surface area (Å²) in [7, 11) is 0. The fourth-order valence-corrected chi connectivity index (χ4v) is 2.01. The molecule has 1 fully saturated rings. The molecule has 1 atom stereocenters. The summed E-state index contributed by atoms with van der Waals surface area (Å²) in [5.74, 6) is 0.0210.